The van der Waals surface area contributed by atoms with Gasteiger partial charge >= 0.3 is 0 Å². The molecule has 2 N–H and O–H groups in total. The van der Waals surface area contributed by atoms with Crippen LogP contribution in [0.25, 0.3) is 0 Å². The van der Waals surface area contributed by atoms with E-state index in [2.05, 4.69) is 44.4 Å². The van der Waals surface area contributed by atoms with Crippen molar-refractivity contribution in [2.45, 2.75) is 63.8 Å². The molecule has 2 unspecified atom stereocenters. The van der Waals surface area contributed by atoms with E-state index in [0.717, 1.165) is 68.7 Å². The first-order valence-corrected chi connectivity index (χ1v) is 12.5. The second kappa shape index (κ2) is 14.5. The van der Waals surface area contributed by atoms with Gasteiger partial charge in [0, 0.05) is 38.0 Å². The largest absolute Gasteiger partial charge is 0.379 e. The van der Waals surface area contributed by atoms with Crippen LogP contribution in [0, 0.1) is 6.92 Å². The maximum absolute atomic E-state index is 5.44. The Morgan fingerprint density at radius 1 is 1.26 bits per heavy atom. The van der Waals surface area contributed by atoms with Crippen LogP contribution in [-0.4, -0.2) is 82.1 Å². The van der Waals surface area contributed by atoms with E-state index >= 15 is 0 Å². The quantitative estimate of drug-likeness (QED) is 0.206. The molecule has 178 valence electrons. The summed E-state index contributed by atoms with van der Waals surface area (Å²) in [6.07, 6.45) is 6.17. The summed E-state index contributed by atoms with van der Waals surface area (Å²) in [6.45, 7) is 10.6. The molecule has 0 spiro atoms. The minimum atomic E-state index is 0. The summed E-state index contributed by atoms with van der Waals surface area (Å²) >= 11 is 2.10. The number of ether oxygens (including phenoxy) is 1. The van der Waals surface area contributed by atoms with Crippen LogP contribution >= 0.6 is 35.7 Å². The number of aryl methyl sites for hydroxylation is 1. The Balaban J connectivity index is 0.00000341. The lowest BCUT2D eigenvalue weighted by Gasteiger charge is -2.30. The van der Waals surface area contributed by atoms with E-state index in [0.29, 0.717) is 12.6 Å². The first-order valence-electron chi connectivity index (χ1n) is 11.5. The predicted molar refractivity (Wildman–Crippen MR) is 139 cm³/mol. The lowest BCUT2D eigenvalue weighted by Crippen LogP contribution is -2.46. The van der Waals surface area contributed by atoms with Crippen molar-refractivity contribution in [2.75, 3.05) is 45.1 Å². The molecule has 0 radical (unpaired) electrons. The van der Waals surface area contributed by atoms with Gasteiger partial charge in [-0.2, -0.15) is 11.8 Å². The molecule has 1 aromatic rings. The molecule has 8 nitrogen and oxygen atoms in total. The van der Waals surface area contributed by atoms with Crippen molar-refractivity contribution in [1.29, 1.82) is 0 Å². The van der Waals surface area contributed by atoms with Gasteiger partial charge in [-0.1, -0.05) is 13.3 Å². The van der Waals surface area contributed by atoms with E-state index < -0.39 is 0 Å². The van der Waals surface area contributed by atoms with Gasteiger partial charge in [-0.05, 0) is 44.9 Å². The summed E-state index contributed by atoms with van der Waals surface area (Å²) in [5, 5.41) is 16.5. The van der Waals surface area contributed by atoms with Crippen LogP contribution in [0.3, 0.4) is 0 Å². The van der Waals surface area contributed by atoms with Gasteiger partial charge in [-0.15, -0.1) is 34.2 Å². The Morgan fingerprint density at radius 3 is 2.77 bits per heavy atom. The van der Waals surface area contributed by atoms with E-state index in [1.807, 2.05) is 18.5 Å². The number of guanidine groups is 1. The molecule has 1 aliphatic heterocycles. The number of aliphatic imine (C=N–C) groups is 1. The molecule has 31 heavy (non-hydrogen) atoms. The van der Waals surface area contributed by atoms with Gasteiger partial charge in [0.25, 0.3) is 0 Å². The summed E-state index contributed by atoms with van der Waals surface area (Å²) in [4.78, 5) is 7.33. The lowest BCUT2D eigenvalue weighted by atomic mass is 9.95. The van der Waals surface area contributed by atoms with Crippen molar-refractivity contribution in [2.24, 2.45) is 12.0 Å². The van der Waals surface area contributed by atoms with Crippen LogP contribution in [0.2, 0.25) is 0 Å². The minimum absolute atomic E-state index is 0. The monoisotopic (exact) mass is 565 g/mol. The van der Waals surface area contributed by atoms with E-state index in [9.17, 15) is 0 Å². The first-order chi connectivity index (χ1) is 14.7. The van der Waals surface area contributed by atoms with Gasteiger partial charge in [0.15, 0.2) is 11.8 Å². The highest BCUT2D eigenvalue weighted by molar-refractivity contribution is 14.0. The summed E-state index contributed by atoms with van der Waals surface area (Å²) < 4.78 is 7.45. The molecule has 2 fully saturated rings. The third-order valence-corrected chi connectivity index (χ3v) is 7.21. The molecule has 0 bridgehead atoms. The SMILES string of the molecule is CCSC1CCCC(NC(=NCc2nnc(C)n2C)NCCCN2CCOCC2)C1.I. The van der Waals surface area contributed by atoms with E-state index in [4.69, 9.17) is 9.73 Å². The maximum Gasteiger partial charge on any atom is 0.191 e. The van der Waals surface area contributed by atoms with Gasteiger partial charge in [-0.3, -0.25) is 4.90 Å². The molecule has 1 aliphatic carbocycles. The molecule has 2 heterocycles. The van der Waals surface area contributed by atoms with Gasteiger partial charge < -0.3 is 19.9 Å². The molecule has 1 saturated heterocycles. The number of hydrogen-bond donors (Lipinski definition) is 2. The average Bonchev–Trinajstić information content (AvgIpc) is 3.08. The topological polar surface area (TPSA) is 79.6 Å². The predicted octanol–water partition coefficient (Wildman–Crippen LogP) is 2.56. The summed E-state index contributed by atoms with van der Waals surface area (Å²) in [6, 6.07) is 0.495. The lowest BCUT2D eigenvalue weighted by molar-refractivity contribution is 0.0376. The highest BCUT2D eigenvalue weighted by atomic mass is 127. The Hall–Kier alpha value is -0.590. The minimum Gasteiger partial charge on any atom is -0.379 e. The molecule has 2 atom stereocenters. The normalized spacial score (nSPS) is 22.7. The number of morpholine rings is 1. The highest BCUT2D eigenvalue weighted by Gasteiger charge is 2.22. The van der Waals surface area contributed by atoms with Crippen molar-refractivity contribution >= 4 is 41.7 Å². The number of aromatic nitrogens is 3. The van der Waals surface area contributed by atoms with Crippen LogP contribution in [0.5, 0.6) is 0 Å². The summed E-state index contributed by atoms with van der Waals surface area (Å²) in [7, 11) is 2.00. The molecule has 1 aromatic heterocycles. The molecular weight excluding hydrogens is 525 g/mol. The van der Waals surface area contributed by atoms with Gasteiger partial charge in [-0.25, -0.2) is 4.99 Å². The summed E-state index contributed by atoms with van der Waals surface area (Å²) in [5.74, 6) is 3.92. The van der Waals surface area contributed by atoms with Crippen LogP contribution in [-0.2, 0) is 18.3 Å². The highest BCUT2D eigenvalue weighted by Crippen LogP contribution is 2.28. The van der Waals surface area contributed by atoms with Crippen LogP contribution in [0.1, 0.15) is 50.7 Å². The average molecular weight is 566 g/mol. The number of nitrogens with one attached hydrogen (secondary N) is 2. The number of halogens is 1. The zero-order valence-electron chi connectivity index (χ0n) is 19.3. The maximum atomic E-state index is 5.44. The van der Waals surface area contributed by atoms with Crippen molar-refractivity contribution in [3.63, 3.8) is 0 Å². The second-order valence-electron chi connectivity index (χ2n) is 8.21. The third-order valence-electron chi connectivity index (χ3n) is 5.98. The van der Waals surface area contributed by atoms with Crippen LogP contribution in [0.4, 0.5) is 0 Å². The molecule has 3 rings (SSSR count). The molecule has 10 heteroatoms. The number of thioether (sulfide) groups is 1. The number of rotatable bonds is 9. The Kier molecular flexibility index (Phi) is 12.5. The fourth-order valence-electron chi connectivity index (χ4n) is 4.08. The van der Waals surface area contributed by atoms with Gasteiger partial charge in [0.05, 0.1) is 13.2 Å². The molecule has 0 aromatic carbocycles. The third kappa shape index (κ3) is 9.05. The summed E-state index contributed by atoms with van der Waals surface area (Å²) in [5.41, 5.74) is 0. The molecule has 2 aliphatic rings. The van der Waals surface area contributed by atoms with E-state index in [1.165, 1.54) is 31.4 Å². The Bertz CT molecular complexity index is 664. The van der Waals surface area contributed by atoms with Crippen molar-refractivity contribution in [3.8, 4) is 0 Å². The van der Waals surface area contributed by atoms with Crippen LogP contribution < -0.4 is 10.6 Å². The first kappa shape index (κ1) is 26.7. The molecule has 1 saturated carbocycles. The fraction of sp³-hybridized carbons (Fsp3) is 0.857. The smallest absolute Gasteiger partial charge is 0.191 e. The van der Waals surface area contributed by atoms with E-state index in [-0.39, 0.29) is 24.0 Å². The fourth-order valence-corrected chi connectivity index (χ4v) is 5.25. The van der Waals surface area contributed by atoms with Gasteiger partial charge in [0.2, 0.25) is 0 Å². The Morgan fingerprint density at radius 2 is 2.06 bits per heavy atom. The second-order valence-corrected chi connectivity index (χ2v) is 9.78. The zero-order chi connectivity index (χ0) is 21.2. The van der Waals surface area contributed by atoms with E-state index in [1.54, 1.807) is 0 Å². The molecular formula is C21H40IN7OS. The zero-order valence-corrected chi connectivity index (χ0v) is 22.5. The van der Waals surface area contributed by atoms with Crippen molar-refractivity contribution in [1.82, 2.24) is 30.3 Å². The van der Waals surface area contributed by atoms with Crippen LogP contribution in [0.15, 0.2) is 4.99 Å². The van der Waals surface area contributed by atoms with Crippen molar-refractivity contribution < 1.29 is 4.74 Å². The number of nitrogens with zero attached hydrogens (tertiary/aromatic N) is 5. The molecule has 0 amide bonds. The van der Waals surface area contributed by atoms with Crippen molar-refractivity contribution in [3.05, 3.63) is 11.6 Å². The standard InChI is InChI=1S/C21H39N7OS.HI/c1-4-30-19-8-5-7-18(15-19)24-21(23-16-20-26-25-17(2)27(20)3)22-9-6-10-28-11-13-29-14-12-28;/h18-19H,4-16H2,1-3H3,(H2,22,23,24);1H. The van der Waals surface area contributed by atoms with Gasteiger partial charge in [0.1, 0.15) is 12.4 Å². The number of hydrogen-bond acceptors (Lipinski definition) is 6. The Labute approximate surface area is 208 Å².